The Morgan fingerprint density at radius 3 is 2.76 bits per heavy atom. The molecule has 1 atom stereocenters. The third-order valence-corrected chi connectivity index (χ3v) is 3.07. The van der Waals surface area contributed by atoms with Crippen LogP contribution in [0.5, 0.6) is 0 Å². The molecule has 106 valence electrons. The Morgan fingerprint density at radius 1 is 1.24 bits per heavy atom. The van der Waals surface area contributed by atoms with E-state index < -0.39 is 6.03 Å². The molecule has 0 spiro atoms. The molecule has 1 aromatic heterocycles. The molecule has 3 rings (SSSR count). The summed E-state index contributed by atoms with van der Waals surface area (Å²) in [5.41, 5.74) is 1.89. The van der Waals surface area contributed by atoms with Crippen molar-refractivity contribution in [2.24, 2.45) is 0 Å². The molecule has 3 N–H and O–H groups in total. The van der Waals surface area contributed by atoms with Gasteiger partial charge in [0, 0.05) is 24.2 Å². The quantitative estimate of drug-likeness (QED) is 0.657. The molecular formula is C17H17N3O. The fourth-order valence-electron chi connectivity index (χ4n) is 1.98. The van der Waals surface area contributed by atoms with Crippen LogP contribution >= 0.6 is 0 Å². The molecule has 4 nitrogen and oxygen atoms in total. The zero-order valence-corrected chi connectivity index (χ0v) is 11.4. The minimum Gasteiger partial charge on any atom is -0.359 e. The van der Waals surface area contributed by atoms with E-state index in [9.17, 15) is 4.79 Å². The molecule has 0 fully saturated rings. The topological polar surface area (TPSA) is 56.9 Å². The third-order valence-electron chi connectivity index (χ3n) is 3.07. The molecule has 3 aromatic rings. The van der Waals surface area contributed by atoms with Gasteiger partial charge >= 0.3 is 6.03 Å². The number of anilines is 2. The largest absolute Gasteiger partial charge is 0.359 e. The van der Waals surface area contributed by atoms with E-state index in [4.69, 9.17) is 6.85 Å². The van der Waals surface area contributed by atoms with Crippen LogP contribution in [0.1, 0.15) is 19.3 Å². The van der Waals surface area contributed by atoms with Crippen LogP contribution in [0.25, 0.3) is 10.9 Å². The Kier molecular flexibility index (Phi) is 2.32. The molecule has 0 radical (unpaired) electrons. The maximum absolute atomic E-state index is 12.2. The number of urea groups is 1. The van der Waals surface area contributed by atoms with Crippen molar-refractivity contribution in [1.29, 1.82) is 0 Å². The van der Waals surface area contributed by atoms with Gasteiger partial charge in [0.05, 0.1) is 11.2 Å². The van der Waals surface area contributed by atoms with Crippen molar-refractivity contribution in [2.45, 2.75) is 13.3 Å². The van der Waals surface area contributed by atoms with E-state index in [0.29, 0.717) is 5.69 Å². The number of fused-ring (bicyclic) bond motifs is 1. The Labute approximate surface area is 130 Å². The van der Waals surface area contributed by atoms with Crippen molar-refractivity contribution in [3.63, 3.8) is 0 Å². The fourth-order valence-corrected chi connectivity index (χ4v) is 1.98. The van der Waals surface area contributed by atoms with Crippen molar-refractivity contribution in [3.05, 3.63) is 60.2 Å². The minimum absolute atomic E-state index is 0.186. The first-order valence-electron chi connectivity index (χ1n) is 9.05. The van der Waals surface area contributed by atoms with Crippen LogP contribution < -0.4 is 10.6 Å². The average Bonchev–Trinajstić information content (AvgIpc) is 3.02. The summed E-state index contributed by atoms with van der Waals surface area (Å²) in [6.45, 7) is 1.76. The van der Waals surface area contributed by atoms with Gasteiger partial charge in [0.1, 0.15) is 0 Å². The van der Waals surface area contributed by atoms with Crippen LogP contribution in [0.3, 0.4) is 0 Å². The summed E-state index contributed by atoms with van der Waals surface area (Å²) in [7, 11) is 0. The first-order chi connectivity index (χ1) is 12.3. The van der Waals surface area contributed by atoms with Crippen LogP contribution in [0, 0.1) is 0 Å². The van der Waals surface area contributed by atoms with E-state index in [-0.39, 0.29) is 47.2 Å². The van der Waals surface area contributed by atoms with Crippen molar-refractivity contribution >= 4 is 28.3 Å². The lowest BCUT2D eigenvalue weighted by Crippen LogP contribution is -2.19. The molecule has 0 aliphatic heterocycles. The number of benzene rings is 2. The second-order valence-electron chi connectivity index (χ2n) is 4.44. The molecule has 0 saturated heterocycles. The summed E-state index contributed by atoms with van der Waals surface area (Å²) in [5, 5.41) is 5.48. The highest BCUT2D eigenvalue weighted by atomic mass is 16.2. The van der Waals surface area contributed by atoms with Crippen molar-refractivity contribution in [3.8, 4) is 0 Å². The maximum atomic E-state index is 12.2. The molecule has 4 heteroatoms. The van der Waals surface area contributed by atoms with Gasteiger partial charge in [-0.05, 0) is 30.1 Å². The lowest BCUT2D eigenvalue weighted by molar-refractivity contribution is 0.262. The van der Waals surface area contributed by atoms with E-state index >= 15 is 0 Å². The fraction of sp³-hybridized carbons (Fsp3) is 0.118. The number of hydrogen-bond donors (Lipinski definition) is 3. The van der Waals surface area contributed by atoms with Crippen molar-refractivity contribution in [2.75, 3.05) is 10.6 Å². The van der Waals surface area contributed by atoms with Crippen LogP contribution in [0.15, 0.2) is 54.6 Å². The van der Waals surface area contributed by atoms with Crippen LogP contribution in [0.2, 0.25) is 0 Å². The summed E-state index contributed by atoms with van der Waals surface area (Å²) in [4.78, 5) is 15.0. The van der Waals surface area contributed by atoms with Gasteiger partial charge in [-0.15, -0.1) is 0 Å². The molecule has 0 saturated carbocycles. The molecule has 0 aliphatic carbocycles. The van der Waals surface area contributed by atoms with Crippen molar-refractivity contribution in [1.82, 2.24) is 4.98 Å². The Morgan fingerprint density at radius 2 is 2.00 bits per heavy atom. The van der Waals surface area contributed by atoms with Crippen LogP contribution in [-0.2, 0) is 6.40 Å². The number of aromatic amines is 1. The number of para-hydroxylation sites is 1. The van der Waals surface area contributed by atoms with Gasteiger partial charge in [-0.2, -0.15) is 0 Å². The smallest absolute Gasteiger partial charge is 0.323 e. The van der Waals surface area contributed by atoms with Gasteiger partial charge in [0.15, 0.2) is 0 Å². The van der Waals surface area contributed by atoms with Gasteiger partial charge in [0.2, 0.25) is 0 Å². The predicted octanol–water partition coefficient (Wildman–Crippen LogP) is 4.37. The number of amides is 2. The van der Waals surface area contributed by atoms with E-state index in [1.165, 1.54) is 6.20 Å². The van der Waals surface area contributed by atoms with Gasteiger partial charge in [-0.25, -0.2) is 4.79 Å². The first-order valence-corrected chi connectivity index (χ1v) is 6.47. The predicted molar refractivity (Wildman–Crippen MR) is 86.8 cm³/mol. The van der Waals surface area contributed by atoms with E-state index in [0.717, 1.165) is 5.56 Å². The summed E-state index contributed by atoms with van der Waals surface area (Å²) in [6, 6.07) is 5.29. The Hall–Kier alpha value is -2.75. The second-order valence-corrected chi connectivity index (χ2v) is 4.44. The number of nitrogens with one attached hydrogen (secondary N) is 3. The van der Waals surface area contributed by atoms with Crippen molar-refractivity contribution < 1.29 is 11.6 Å². The zero-order chi connectivity index (χ0) is 19.0. The second kappa shape index (κ2) is 5.71. The Bertz CT molecular complexity index is 982. The summed E-state index contributed by atoms with van der Waals surface area (Å²) >= 11 is 0. The van der Waals surface area contributed by atoms with E-state index in [1.807, 2.05) is 0 Å². The standard InChI is InChI=1S/C17H17N3O/c1-2-12-7-9-13(10-8-12)19-17(21)20-16-11-18-15-6-4-3-5-14(15)16/h3-11,18H,2H2,1H3,(H2,19,20,21)/i2D,3D,4D,5D,6D. The van der Waals surface area contributed by atoms with Gasteiger partial charge < -0.3 is 15.6 Å². The van der Waals surface area contributed by atoms with Gasteiger partial charge in [-0.1, -0.05) is 37.2 Å². The summed E-state index contributed by atoms with van der Waals surface area (Å²) in [6.07, 6.45) is 1.09. The Balaban J connectivity index is 1.84. The number of rotatable bonds is 3. The molecule has 0 bridgehead atoms. The highest BCUT2D eigenvalue weighted by molar-refractivity contribution is 6.05. The third kappa shape index (κ3) is 2.89. The first kappa shape index (κ1) is 8.52. The lowest BCUT2D eigenvalue weighted by Gasteiger charge is -2.07. The highest BCUT2D eigenvalue weighted by Crippen LogP contribution is 2.22. The lowest BCUT2D eigenvalue weighted by atomic mass is 10.1. The molecule has 0 aliphatic rings. The number of H-pyrrole nitrogens is 1. The number of hydrogen-bond acceptors (Lipinski definition) is 1. The number of aryl methyl sites for hydroxylation is 1. The minimum atomic E-state index is -0.537. The molecule has 1 unspecified atom stereocenters. The number of aromatic nitrogens is 1. The molecule has 2 aromatic carbocycles. The zero-order valence-electron chi connectivity index (χ0n) is 16.4. The van der Waals surface area contributed by atoms with Gasteiger partial charge in [-0.3, -0.25) is 0 Å². The molecular weight excluding hydrogens is 262 g/mol. The maximum Gasteiger partial charge on any atom is 0.323 e. The normalized spacial score (nSPS) is 15.4. The number of carbonyl (C=O) groups is 1. The number of carbonyl (C=O) groups excluding carboxylic acids is 1. The van der Waals surface area contributed by atoms with E-state index in [2.05, 4.69) is 15.6 Å². The molecule has 2 amide bonds. The SMILES string of the molecule is [2H]c1c([2H])c([2H])c2c(NC(=O)Nc3ccc(C([2H])C)cc3)c[nH]c2c1[2H]. The summed E-state index contributed by atoms with van der Waals surface area (Å²) in [5.74, 6) is 0. The average molecular weight is 284 g/mol. The van der Waals surface area contributed by atoms with Crippen LogP contribution in [0.4, 0.5) is 16.2 Å². The van der Waals surface area contributed by atoms with Gasteiger partial charge in [0.25, 0.3) is 0 Å². The molecule has 21 heavy (non-hydrogen) atoms. The highest BCUT2D eigenvalue weighted by Gasteiger charge is 2.07. The molecule has 1 heterocycles. The summed E-state index contributed by atoms with van der Waals surface area (Å²) < 4.78 is 39.0. The van der Waals surface area contributed by atoms with E-state index in [1.54, 1.807) is 31.2 Å². The van der Waals surface area contributed by atoms with Crippen LogP contribution in [-0.4, -0.2) is 11.0 Å². The monoisotopic (exact) mass is 284 g/mol.